The molecule has 7 nitrogen and oxygen atoms in total. The van der Waals surface area contributed by atoms with Gasteiger partial charge in [-0.1, -0.05) is 25.0 Å². The van der Waals surface area contributed by atoms with E-state index in [9.17, 15) is 18.0 Å². The Kier molecular flexibility index (Phi) is 7.46. The van der Waals surface area contributed by atoms with Crippen LogP contribution < -0.4 is 15.4 Å². The molecule has 0 aliphatic heterocycles. The maximum atomic E-state index is 12.5. The lowest BCUT2D eigenvalue weighted by atomic mass is 10.1. The van der Waals surface area contributed by atoms with Gasteiger partial charge >= 0.3 is 0 Å². The molecule has 0 radical (unpaired) electrons. The molecule has 0 heterocycles. The van der Waals surface area contributed by atoms with E-state index in [4.69, 9.17) is 0 Å². The number of benzene rings is 2. The van der Waals surface area contributed by atoms with E-state index in [1.807, 2.05) is 13.0 Å². The van der Waals surface area contributed by atoms with Crippen molar-refractivity contribution in [2.75, 3.05) is 18.4 Å². The van der Waals surface area contributed by atoms with Gasteiger partial charge < -0.3 is 10.6 Å². The first-order valence-electron chi connectivity index (χ1n) is 10.5. The third-order valence-corrected chi connectivity index (χ3v) is 7.08. The fraction of sp³-hybridized carbons (Fsp3) is 0.391. The van der Waals surface area contributed by atoms with Crippen LogP contribution in [0.1, 0.15) is 47.2 Å². The number of carbonyl (C=O) groups excluding carboxylic acids is 2. The maximum absolute atomic E-state index is 12.5. The lowest BCUT2D eigenvalue weighted by Gasteiger charge is -2.12. The van der Waals surface area contributed by atoms with E-state index < -0.39 is 10.0 Å². The zero-order chi connectivity index (χ0) is 22.4. The number of rotatable bonds is 8. The third kappa shape index (κ3) is 6.15. The van der Waals surface area contributed by atoms with Gasteiger partial charge in [-0.2, -0.15) is 0 Å². The van der Waals surface area contributed by atoms with Crippen molar-refractivity contribution in [2.24, 2.45) is 5.92 Å². The van der Waals surface area contributed by atoms with Crippen LogP contribution in [0.5, 0.6) is 0 Å². The molecule has 166 valence electrons. The normalized spacial score (nSPS) is 14.4. The second-order valence-electron chi connectivity index (χ2n) is 7.97. The van der Waals surface area contributed by atoms with E-state index in [1.54, 1.807) is 43.3 Å². The van der Waals surface area contributed by atoms with Crippen molar-refractivity contribution in [3.8, 4) is 0 Å². The van der Waals surface area contributed by atoms with Crippen LogP contribution in [0.15, 0.2) is 47.4 Å². The third-order valence-electron chi connectivity index (χ3n) is 5.48. The molecular formula is C23H29N3O4S. The van der Waals surface area contributed by atoms with E-state index in [0.717, 1.165) is 31.2 Å². The molecule has 2 aromatic carbocycles. The SMILES string of the molecule is Cc1ccc(C)c(S(=O)(=O)NCCNC(=O)c2ccc(NC(=O)C3CCCC3)cc2)c1. The standard InChI is InChI=1S/C23H29N3O4S/c1-16-7-8-17(2)21(15-16)31(29,30)25-14-13-24-22(27)19-9-11-20(12-10-19)26-23(28)18-5-3-4-6-18/h7-12,15,18,25H,3-6,13-14H2,1-2H3,(H,24,27)(H,26,28). The number of aryl methyl sites for hydroxylation is 2. The molecule has 1 aliphatic rings. The summed E-state index contributed by atoms with van der Waals surface area (Å²) < 4.78 is 27.5. The first kappa shape index (κ1) is 23.0. The molecule has 0 bridgehead atoms. The Bertz CT molecular complexity index is 1040. The molecule has 31 heavy (non-hydrogen) atoms. The second-order valence-corrected chi connectivity index (χ2v) is 9.71. The minimum atomic E-state index is -3.64. The van der Waals surface area contributed by atoms with Gasteiger partial charge in [-0.3, -0.25) is 9.59 Å². The van der Waals surface area contributed by atoms with Gasteiger partial charge in [0.2, 0.25) is 15.9 Å². The van der Waals surface area contributed by atoms with Gasteiger partial charge in [0.1, 0.15) is 0 Å². The number of nitrogens with one attached hydrogen (secondary N) is 3. The van der Waals surface area contributed by atoms with Gasteiger partial charge in [-0.15, -0.1) is 0 Å². The Balaban J connectivity index is 1.47. The van der Waals surface area contributed by atoms with Gasteiger partial charge in [-0.25, -0.2) is 13.1 Å². The average Bonchev–Trinajstić information content (AvgIpc) is 3.28. The van der Waals surface area contributed by atoms with Gasteiger partial charge in [-0.05, 0) is 68.1 Å². The highest BCUT2D eigenvalue weighted by molar-refractivity contribution is 7.89. The molecule has 1 aliphatic carbocycles. The predicted octanol–water partition coefficient (Wildman–Crippen LogP) is 3.14. The van der Waals surface area contributed by atoms with Crippen LogP contribution in [-0.2, 0) is 14.8 Å². The Morgan fingerprint density at radius 2 is 1.65 bits per heavy atom. The highest BCUT2D eigenvalue weighted by atomic mass is 32.2. The number of anilines is 1. The quantitative estimate of drug-likeness (QED) is 0.545. The maximum Gasteiger partial charge on any atom is 0.251 e. The van der Waals surface area contributed by atoms with Crippen LogP contribution in [0, 0.1) is 19.8 Å². The van der Waals surface area contributed by atoms with Crippen LogP contribution >= 0.6 is 0 Å². The van der Waals surface area contributed by atoms with Crippen molar-refractivity contribution < 1.29 is 18.0 Å². The molecular weight excluding hydrogens is 414 g/mol. The molecule has 3 rings (SSSR count). The zero-order valence-electron chi connectivity index (χ0n) is 17.9. The summed E-state index contributed by atoms with van der Waals surface area (Å²) in [6, 6.07) is 11.9. The van der Waals surface area contributed by atoms with E-state index >= 15 is 0 Å². The average molecular weight is 444 g/mol. The molecule has 3 N–H and O–H groups in total. The van der Waals surface area contributed by atoms with E-state index in [1.165, 1.54) is 0 Å². The molecule has 0 atom stereocenters. The Hall–Kier alpha value is -2.71. The number of hydrogen-bond donors (Lipinski definition) is 3. The van der Waals surface area contributed by atoms with E-state index in [0.29, 0.717) is 16.8 Å². The monoisotopic (exact) mass is 443 g/mol. The van der Waals surface area contributed by atoms with Crippen LogP contribution in [0.3, 0.4) is 0 Å². The van der Waals surface area contributed by atoms with Crippen molar-refractivity contribution in [1.82, 2.24) is 10.0 Å². The van der Waals surface area contributed by atoms with E-state index in [-0.39, 0.29) is 35.7 Å². The summed E-state index contributed by atoms with van der Waals surface area (Å²) in [5.74, 6) is -0.194. The molecule has 1 saturated carbocycles. The summed E-state index contributed by atoms with van der Waals surface area (Å²) in [6.07, 6.45) is 4.05. The van der Waals surface area contributed by atoms with Crippen molar-refractivity contribution in [2.45, 2.75) is 44.4 Å². The minimum Gasteiger partial charge on any atom is -0.351 e. The topological polar surface area (TPSA) is 104 Å². The second kappa shape index (κ2) is 10.1. The number of carbonyl (C=O) groups is 2. The number of amides is 2. The van der Waals surface area contributed by atoms with E-state index in [2.05, 4.69) is 15.4 Å². The molecule has 0 aromatic heterocycles. The summed E-state index contributed by atoms with van der Waals surface area (Å²) in [7, 11) is -3.64. The van der Waals surface area contributed by atoms with Gasteiger partial charge in [0.15, 0.2) is 0 Å². The number of hydrogen-bond acceptors (Lipinski definition) is 4. The minimum absolute atomic E-state index is 0.0332. The lowest BCUT2D eigenvalue weighted by Crippen LogP contribution is -2.35. The highest BCUT2D eigenvalue weighted by Gasteiger charge is 2.22. The molecule has 8 heteroatoms. The fourth-order valence-corrected chi connectivity index (χ4v) is 5.03. The first-order valence-corrected chi connectivity index (χ1v) is 12.0. The largest absolute Gasteiger partial charge is 0.351 e. The molecule has 1 fully saturated rings. The van der Waals surface area contributed by atoms with Crippen LogP contribution in [-0.4, -0.2) is 33.3 Å². The predicted molar refractivity (Wildman–Crippen MR) is 120 cm³/mol. The first-order chi connectivity index (χ1) is 14.8. The van der Waals surface area contributed by atoms with Gasteiger partial charge in [0.25, 0.3) is 5.91 Å². The van der Waals surface area contributed by atoms with Crippen LogP contribution in [0.4, 0.5) is 5.69 Å². The Morgan fingerprint density at radius 3 is 2.32 bits per heavy atom. The molecule has 2 aromatic rings. The summed E-state index contributed by atoms with van der Waals surface area (Å²) in [5, 5.41) is 5.60. The van der Waals surface area contributed by atoms with Crippen molar-refractivity contribution in [3.05, 3.63) is 59.2 Å². The highest BCUT2D eigenvalue weighted by Crippen LogP contribution is 2.26. The van der Waals surface area contributed by atoms with Crippen LogP contribution in [0.25, 0.3) is 0 Å². The number of sulfonamides is 1. The summed E-state index contributed by atoms with van der Waals surface area (Å²) in [6.45, 7) is 3.82. The van der Waals surface area contributed by atoms with Crippen molar-refractivity contribution in [1.29, 1.82) is 0 Å². The Labute approximate surface area is 183 Å². The smallest absolute Gasteiger partial charge is 0.251 e. The molecule has 0 saturated heterocycles. The molecule has 0 unspecified atom stereocenters. The zero-order valence-corrected chi connectivity index (χ0v) is 18.7. The van der Waals surface area contributed by atoms with Gasteiger partial charge in [0, 0.05) is 30.3 Å². The Morgan fingerprint density at radius 1 is 0.968 bits per heavy atom. The fourth-order valence-electron chi connectivity index (χ4n) is 3.68. The van der Waals surface area contributed by atoms with Crippen molar-refractivity contribution in [3.63, 3.8) is 0 Å². The lowest BCUT2D eigenvalue weighted by molar-refractivity contribution is -0.119. The summed E-state index contributed by atoms with van der Waals surface area (Å²) >= 11 is 0. The summed E-state index contributed by atoms with van der Waals surface area (Å²) in [5.41, 5.74) is 2.63. The molecule has 2 amide bonds. The summed E-state index contributed by atoms with van der Waals surface area (Å²) in [4.78, 5) is 24.7. The molecule has 0 spiro atoms. The van der Waals surface area contributed by atoms with Crippen molar-refractivity contribution >= 4 is 27.5 Å². The van der Waals surface area contributed by atoms with Crippen LogP contribution in [0.2, 0.25) is 0 Å². The van der Waals surface area contributed by atoms with Gasteiger partial charge in [0.05, 0.1) is 4.90 Å².